The molecule has 0 amide bonds. The van der Waals surface area contributed by atoms with E-state index in [4.69, 9.17) is 0 Å². The molecule has 0 aliphatic heterocycles. The second-order valence-electron chi connectivity index (χ2n) is 4.92. The standard InChI is InChI=1S/C17H16FN3/c1-2-15(12-3-5-13(18)6-4-12)21-14-7-8-16-17(11-14)20-10-9-19-16/h3-11,15,21H,2H2,1H3. The molecular weight excluding hydrogens is 265 g/mol. The van der Waals surface area contributed by atoms with E-state index < -0.39 is 0 Å². The number of halogens is 1. The summed E-state index contributed by atoms with van der Waals surface area (Å²) in [5, 5.41) is 3.47. The van der Waals surface area contributed by atoms with Crippen molar-refractivity contribution in [2.45, 2.75) is 19.4 Å². The quantitative estimate of drug-likeness (QED) is 0.773. The average Bonchev–Trinajstić information content (AvgIpc) is 2.53. The van der Waals surface area contributed by atoms with Gasteiger partial charge in [-0.1, -0.05) is 19.1 Å². The number of fused-ring (bicyclic) bond motifs is 1. The predicted molar refractivity (Wildman–Crippen MR) is 82.6 cm³/mol. The van der Waals surface area contributed by atoms with Crippen molar-refractivity contribution in [1.29, 1.82) is 0 Å². The lowest BCUT2D eigenvalue weighted by molar-refractivity contribution is 0.625. The van der Waals surface area contributed by atoms with Gasteiger partial charge in [-0.15, -0.1) is 0 Å². The highest BCUT2D eigenvalue weighted by atomic mass is 19.1. The average molecular weight is 281 g/mol. The molecule has 0 saturated carbocycles. The molecule has 1 aromatic heterocycles. The third-order valence-corrected chi connectivity index (χ3v) is 3.49. The Morgan fingerprint density at radius 2 is 1.71 bits per heavy atom. The van der Waals surface area contributed by atoms with Gasteiger partial charge < -0.3 is 5.32 Å². The molecule has 0 aliphatic rings. The topological polar surface area (TPSA) is 37.8 Å². The van der Waals surface area contributed by atoms with Crippen LogP contribution in [-0.4, -0.2) is 9.97 Å². The van der Waals surface area contributed by atoms with Crippen LogP contribution in [0.3, 0.4) is 0 Å². The van der Waals surface area contributed by atoms with Crippen LogP contribution in [0.1, 0.15) is 24.9 Å². The molecule has 3 rings (SSSR count). The molecule has 4 heteroatoms. The number of benzene rings is 2. The molecule has 0 radical (unpaired) electrons. The lowest BCUT2D eigenvalue weighted by atomic mass is 10.0. The van der Waals surface area contributed by atoms with Crippen molar-refractivity contribution in [2.24, 2.45) is 0 Å². The van der Waals surface area contributed by atoms with E-state index in [0.717, 1.165) is 28.7 Å². The summed E-state index contributed by atoms with van der Waals surface area (Å²) >= 11 is 0. The number of hydrogen-bond acceptors (Lipinski definition) is 3. The fraction of sp³-hybridized carbons (Fsp3) is 0.176. The Bertz CT molecular complexity index is 740. The summed E-state index contributed by atoms with van der Waals surface area (Å²) in [4.78, 5) is 8.56. The first kappa shape index (κ1) is 13.5. The lowest BCUT2D eigenvalue weighted by Gasteiger charge is -2.19. The lowest BCUT2D eigenvalue weighted by Crippen LogP contribution is -2.09. The molecule has 1 unspecified atom stereocenters. The highest BCUT2D eigenvalue weighted by Gasteiger charge is 2.09. The van der Waals surface area contributed by atoms with Crippen molar-refractivity contribution >= 4 is 16.7 Å². The summed E-state index contributed by atoms with van der Waals surface area (Å²) < 4.78 is 13.0. The van der Waals surface area contributed by atoms with Crippen molar-refractivity contribution in [1.82, 2.24) is 9.97 Å². The van der Waals surface area contributed by atoms with Crippen LogP contribution < -0.4 is 5.32 Å². The van der Waals surface area contributed by atoms with Crippen LogP contribution in [0.15, 0.2) is 54.9 Å². The van der Waals surface area contributed by atoms with E-state index in [1.807, 2.05) is 30.3 Å². The summed E-state index contributed by atoms with van der Waals surface area (Å²) in [6, 6.07) is 12.7. The number of nitrogens with one attached hydrogen (secondary N) is 1. The van der Waals surface area contributed by atoms with Crippen LogP contribution in [0, 0.1) is 5.82 Å². The van der Waals surface area contributed by atoms with Crippen LogP contribution in [0.25, 0.3) is 11.0 Å². The van der Waals surface area contributed by atoms with Gasteiger partial charge in [0.25, 0.3) is 0 Å². The van der Waals surface area contributed by atoms with Crippen molar-refractivity contribution in [2.75, 3.05) is 5.32 Å². The molecule has 1 N–H and O–H groups in total. The minimum absolute atomic E-state index is 0.139. The predicted octanol–water partition coefficient (Wildman–Crippen LogP) is 4.33. The van der Waals surface area contributed by atoms with E-state index in [9.17, 15) is 4.39 Å². The summed E-state index contributed by atoms with van der Waals surface area (Å²) in [5.41, 5.74) is 3.78. The molecule has 1 atom stereocenters. The zero-order valence-corrected chi connectivity index (χ0v) is 11.8. The molecule has 3 aromatic rings. The molecule has 21 heavy (non-hydrogen) atoms. The second kappa shape index (κ2) is 5.87. The SMILES string of the molecule is CCC(Nc1ccc2nccnc2c1)c1ccc(F)cc1. The Morgan fingerprint density at radius 1 is 1.00 bits per heavy atom. The number of rotatable bonds is 4. The number of aromatic nitrogens is 2. The molecule has 0 fully saturated rings. The maximum atomic E-state index is 13.0. The van der Waals surface area contributed by atoms with Gasteiger partial charge >= 0.3 is 0 Å². The third-order valence-electron chi connectivity index (χ3n) is 3.49. The number of nitrogens with zero attached hydrogens (tertiary/aromatic N) is 2. The highest BCUT2D eigenvalue weighted by Crippen LogP contribution is 2.24. The van der Waals surface area contributed by atoms with Crippen LogP contribution in [0.4, 0.5) is 10.1 Å². The van der Waals surface area contributed by atoms with Gasteiger partial charge in [-0.2, -0.15) is 0 Å². The van der Waals surface area contributed by atoms with Crippen molar-refractivity contribution in [3.63, 3.8) is 0 Å². The summed E-state index contributed by atoms with van der Waals surface area (Å²) in [5.74, 6) is -0.213. The molecule has 0 bridgehead atoms. The summed E-state index contributed by atoms with van der Waals surface area (Å²) in [7, 11) is 0. The first-order chi connectivity index (χ1) is 10.3. The Labute approximate surface area is 122 Å². The van der Waals surface area contributed by atoms with Gasteiger partial charge in [0.2, 0.25) is 0 Å². The number of anilines is 1. The smallest absolute Gasteiger partial charge is 0.123 e. The zero-order valence-electron chi connectivity index (χ0n) is 11.8. The summed E-state index contributed by atoms with van der Waals surface area (Å²) in [6.45, 7) is 2.10. The molecular formula is C17H16FN3. The van der Waals surface area contributed by atoms with Gasteiger partial charge in [0.05, 0.1) is 17.1 Å². The minimum Gasteiger partial charge on any atom is -0.378 e. The molecule has 2 aromatic carbocycles. The zero-order chi connectivity index (χ0) is 14.7. The van der Waals surface area contributed by atoms with Crippen LogP contribution in [-0.2, 0) is 0 Å². The Hall–Kier alpha value is -2.49. The van der Waals surface area contributed by atoms with Gasteiger partial charge in [0, 0.05) is 18.1 Å². The van der Waals surface area contributed by atoms with Crippen LogP contribution >= 0.6 is 0 Å². The number of hydrogen-bond donors (Lipinski definition) is 1. The second-order valence-corrected chi connectivity index (χ2v) is 4.92. The minimum atomic E-state index is -0.213. The van der Waals surface area contributed by atoms with E-state index in [1.165, 1.54) is 12.1 Å². The van der Waals surface area contributed by atoms with Crippen molar-refractivity contribution in [3.05, 3.63) is 66.2 Å². The van der Waals surface area contributed by atoms with Crippen LogP contribution in [0.5, 0.6) is 0 Å². The van der Waals surface area contributed by atoms with E-state index in [1.54, 1.807) is 12.4 Å². The third kappa shape index (κ3) is 2.99. The fourth-order valence-electron chi connectivity index (χ4n) is 2.37. The monoisotopic (exact) mass is 281 g/mol. The maximum Gasteiger partial charge on any atom is 0.123 e. The largest absolute Gasteiger partial charge is 0.378 e. The van der Waals surface area contributed by atoms with Crippen LogP contribution in [0.2, 0.25) is 0 Å². The molecule has 3 nitrogen and oxygen atoms in total. The Morgan fingerprint density at radius 3 is 2.43 bits per heavy atom. The Balaban J connectivity index is 1.86. The summed E-state index contributed by atoms with van der Waals surface area (Å²) in [6.07, 6.45) is 4.27. The first-order valence-corrected chi connectivity index (χ1v) is 6.99. The van der Waals surface area contributed by atoms with E-state index in [0.29, 0.717) is 0 Å². The van der Waals surface area contributed by atoms with Crippen molar-refractivity contribution in [3.8, 4) is 0 Å². The van der Waals surface area contributed by atoms with E-state index in [2.05, 4.69) is 22.2 Å². The van der Waals surface area contributed by atoms with Gasteiger partial charge in [-0.25, -0.2) is 4.39 Å². The van der Waals surface area contributed by atoms with E-state index in [-0.39, 0.29) is 11.9 Å². The molecule has 1 heterocycles. The van der Waals surface area contributed by atoms with Gasteiger partial charge in [0.15, 0.2) is 0 Å². The molecule has 0 spiro atoms. The van der Waals surface area contributed by atoms with Gasteiger partial charge in [-0.05, 0) is 42.3 Å². The molecule has 0 saturated heterocycles. The normalized spacial score (nSPS) is 12.3. The fourth-order valence-corrected chi connectivity index (χ4v) is 2.37. The highest BCUT2D eigenvalue weighted by molar-refractivity contribution is 5.78. The molecule has 0 aliphatic carbocycles. The van der Waals surface area contributed by atoms with Gasteiger partial charge in [-0.3, -0.25) is 9.97 Å². The maximum absolute atomic E-state index is 13.0. The van der Waals surface area contributed by atoms with Gasteiger partial charge in [0.1, 0.15) is 5.82 Å². The van der Waals surface area contributed by atoms with E-state index >= 15 is 0 Å². The Kier molecular flexibility index (Phi) is 3.77. The molecule has 106 valence electrons. The first-order valence-electron chi connectivity index (χ1n) is 6.99. The van der Waals surface area contributed by atoms with Crippen molar-refractivity contribution < 1.29 is 4.39 Å².